The maximum Gasteiger partial charge on any atom is 0.191 e. The van der Waals surface area contributed by atoms with Crippen molar-refractivity contribution < 1.29 is 4.74 Å². The van der Waals surface area contributed by atoms with Gasteiger partial charge in [-0.3, -0.25) is 9.89 Å². The van der Waals surface area contributed by atoms with Crippen molar-refractivity contribution in [3.05, 3.63) is 0 Å². The standard InChI is InChI=1S/C14H30N4OS.HI/c1-12(2)10-18-6-7-19-13(11-18)9-17-14(15-3)16-5-8-20-4;/h12-13H,5-11H2,1-4H3,(H2,15,16,17);1H. The van der Waals surface area contributed by atoms with Crippen LogP contribution < -0.4 is 10.6 Å². The SMILES string of the molecule is CN=C(NCCSC)NCC1CN(CC(C)C)CCO1.I. The van der Waals surface area contributed by atoms with Gasteiger partial charge in [0.15, 0.2) is 5.96 Å². The van der Waals surface area contributed by atoms with E-state index in [4.69, 9.17) is 4.74 Å². The molecule has 0 aromatic rings. The van der Waals surface area contributed by atoms with E-state index in [0.29, 0.717) is 5.92 Å². The van der Waals surface area contributed by atoms with Crippen LogP contribution in [0.15, 0.2) is 4.99 Å². The second-order valence-corrected chi connectivity index (χ2v) is 6.50. The minimum Gasteiger partial charge on any atom is -0.374 e. The molecule has 0 aromatic heterocycles. The Hall–Kier alpha value is 0.270. The van der Waals surface area contributed by atoms with Gasteiger partial charge < -0.3 is 15.4 Å². The predicted molar refractivity (Wildman–Crippen MR) is 104 cm³/mol. The number of rotatable bonds is 7. The Morgan fingerprint density at radius 3 is 2.81 bits per heavy atom. The lowest BCUT2D eigenvalue weighted by Crippen LogP contribution is -2.50. The molecule has 1 atom stereocenters. The molecule has 7 heteroatoms. The molecule has 21 heavy (non-hydrogen) atoms. The monoisotopic (exact) mass is 430 g/mol. The van der Waals surface area contributed by atoms with Crippen LogP contribution in [0.2, 0.25) is 0 Å². The fourth-order valence-corrected chi connectivity index (χ4v) is 2.59. The summed E-state index contributed by atoms with van der Waals surface area (Å²) in [5.41, 5.74) is 0. The molecule has 0 bridgehead atoms. The molecular weight excluding hydrogens is 399 g/mol. The molecule has 1 saturated heterocycles. The zero-order valence-electron chi connectivity index (χ0n) is 13.7. The van der Waals surface area contributed by atoms with E-state index in [1.165, 1.54) is 0 Å². The topological polar surface area (TPSA) is 48.9 Å². The molecule has 0 radical (unpaired) electrons. The zero-order valence-corrected chi connectivity index (χ0v) is 16.9. The Bertz CT molecular complexity index is 292. The Labute approximate surface area is 151 Å². The smallest absolute Gasteiger partial charge is 0.191 e. The van der Waals surface area contributed by atoms with Crippen LogP contribution in [0.3, 0.4) is 0 Å². The van der Waals surface area contributed by atoms with E-state index in [0.717, 1.165) is 51.0 Å². The number of thioether (sulfide) groups is 1. The summed E-state index contributed by atoms with van der Waals surface area (Å²) in [5, 5.41) is 6.65. The summed E-state index contributed by atoms with van der Waals surface area (Å²) in [6.07, 6.45) is 2.36. The fraction of sp³-hybridized carbons (Fsp3) is 0.929. The number of guanidine groups is 1. The summed E-state index contributed by atoms with van der Waals surface area (Å²) < 4.78 is 5.82. The molecule has 0 aromatic carbocycles. The van der Waals surface area contributed by atoms with Crippen molar-refractivity contribution in [2.24, 2.45) is 10.9 Å². The van der Waals surface area contributed by atoms with Crippen molar-refractivity contribution in [3.8, 4) is 0 Å². The van der Waals surface area contributed by atoms with Gasteiger partial charge in [-0.15, -0.1) is 24.0 Å². The summed E-state index contributed by atoms with van der Waals surface area (Å²) in [6, 6.07) is 0. The van der Waals surface area contributed by atoms with Crippen LogP contribution in [0.1, 0.15) is 13.8 Å². The molecule has 2 N–H and O–H groups in total. The summed E-state index contributed by atoms with van der Waals surface area (Å²) in [6.45, 7) is 10.3. The average Bonchev–Trinajstić information content (AvgIpc) is 2.42. The number of ether oxygens (including phenoxy) is 1. The van der Waals surface area contributed by atoms with E-state index < -0.39 is 0 Å². The quantitative estimate of drug-likeness (QED) is 0.278. The molecule has 0 amide bonds. The first-order valence-corrected chi connectivity index (χ1v) is 8.82. The highest BCUT2D eigenvalue weighted by Gasteiger charge is 2.20. The normalized spacial score (nSPS) is 20.2. The molecule has 1 heterocycles. The van der Waals surface area contributed by atoms with Crippen LogP contribution in [-0.4, -0.2) is 75.4 Å². The molecule has 0 spiro atoms. The Kier molecular flexibility index (Phi) is 12.9. The maximum absolute atomic E-state index is 5.82. The third kappa shape index (κ3) is 9.80. The highest BCUT2D eigenvalue weighted by molar-refractivity contribution is 14.0. The summed E-state index contributed by atoms with van der Waals surface area (Å²) in [7, 11) is 1.81. The van der Waals surface area contributed by atoms with Crippen molar-refractivity contribution >= 4 is 41.7 Å². The summed E-state index contributed by atoms with van der Waals surface area (Å²) in [5.74, 6) is 2.66. The van der Waals surface area contributed by atoms with E-state index in [9.17, 15) is 0 Å². The van der Waals surface area contributed by atoms with E-state index in [1.54, 1.807) is 7.05 Å². The van der Waals surface area contributed by atoms with Crippen LogP contribution >= 0.6 is 35.7 Å². The number of aliphatic imine (C=N–C) groups is 1. The first-order chi connectivity index (χ1) is 9.65. The van der Waals surface area contributed by atoms with Crippen LogP contribution in [0.4, 0.5) is 0 Å². The third-order valence-electron chi connectivity index (χ3n) is 3.17. The van der Waals surface area contributed by atoms with E-state index in [1.807, 2.05) is 11.8 Å². The summed E-state index contributed by atoms with van der Waals surface area (Å²) >= 11 is 1.83. The molecule has 1 aliphatic heterocycles. The Morgan fingerprint density at radius 2 is 2.19 bits per heavy atom. The first-order valence-electron chi connectivity index (χ1n) is 7.43. The zero-order chi connectivity index (χ0) is 14.8. The minimum absolute atomic E-state index is 0. The Balaban J connectivity index is 0.00000400. The van der Waals surface area contributed by atoms with Crippen LogP contribution in [0.25, 0.3) is 0 Å². The lowest BCUT2D eigenvalue weighted by molar-refractivity contribution is -0.0284. The van der Waals surface area contributed by atoms with E-state index in [-0.39, 0.29) is 30.1 Å². The number of hydrogen-bond acceptors (Lipinski definition) is 4. The highest BCUT2D eigenvalue weighted by atomic mass is 127. The highest BCUT2D eigenvalue weighted by Crippen LogP contribution is 2.07. The van der Waals surface area contributed by atoms with E-state index >= 15 is 0 Å². The van der Waals surface area contributed by atoms with Gasteiger partial charge in [0.25, 0.3) is 0 Å². The van der Waals surface area contributed by atoms with Gasteiger partial charge in [-0.25, -0.2) is 0 Å². The van der Waals surface area contributed by atoms with Crippen LogP contribution in [0.5, 0.6) is 0 Å². The second kappa shape index (κ2) is 12.8. The second-order valence-electron chi connectivity index (χ2n) is 5.52. The molecule has 1 aliphatic rings. The van der Waals surface area contributed by atoms with Gasteiger partial charge in [-0.2, -0.15) is 11.8 Å². The lowest BCUT2D eigenvalue weighted by atomic mass is 10.2. The van der Waals surface area contributed by atoms with Gasteiger partial charge in [0.2, 0.25) is 0 Å². The molecule has 1 rings (SSSR count). The van der Waals surface area contributed by atoms with Crippen molar-refractivity contribution in [3.63, 3.8) is 0 Å². The molecule has 126 valence electrons. The number of nitrogens with zero attached hydrogens (tertiary/aromatic N) is 2. The third-order valence-corrected chi connectivity index (χ3v) is 3.78. The first kappa shape index (κ1) is 21.3. The number of morpholine rings is 1. The predicted octanol–water partition coefficient (Wildman–Crippen LogP) is 1.49. The van der Waals surface area contributed by atoms with Gasteiger partial charge in [0.1, 0.15) is 0 Å². The number of halogens is 1. The number of nitrogens with one attached hydrogen (secondary N) is 2. The molecule has 1 unspecified atom stereocenters. The van der Waals surface area contributed by atoms with Gasteiger partial charge in [-0.1, -0.05) is 13.8 Å². The van der Waals surface area contributed by atoms with Crippen LogP contribution in [-0.2, 0) is 4.74 Å². The van der Waals surface area contributed by atoms with Crippen molar-refractivity contribution in [2.45, 2.75) is 20.0 Å². The average molecular weight is 430 g/mol. The maximum atomic E-state index is 5.82. The Morgan fingerprint density at radius 1 is 1.43 bits per heavy atom. The van der Waals surface area contributed by atoms with Crippen molar-refractivity contribution in [1.82, 2.24) is 15.5 Å². The molecule has 5 nitrogen and oxygen atoms in total. The lowest BCUT2D eigenvalue weighted by Gasteiger charge is -2.34. The van der Waals surface area contributed by atoms with Gasteiger partial charge in [-0.05, 0) is 12.2 Å². The molecule has 0 saturated carbocycles. The van der Waals surface area contributed by atoms with Crippen LogP contribution in [0, 0.1) is 5.92 Å². The van der Waals surface area contributed by atoms with Gasteiger partial charge in [0.05, 0.1) is 12.7 Å². The van der Waals surface area contributed by atoms with Gasteiger partial charge >= 0.3 is 0 Å². The van der Waals surface area contributed by atoms with Gasteiger partial charge in [0, 0.05) is 45.5 Å². The number of hydrogen-bond donors (Lipinski definition) is 2. The van der Waals surface area contributed by atoms with Crippen molar-refractivity contribution in [1.29, 1.82) is 0 Å². The largest absolute Gasteiger partial charge is 0.374 e. The van der Waals surface area contributed by atoms with Crippen molar-refractivity contribution in [2.75, 3.05) is 58.4 Å². The molecule has 0 aliphatic carbocycles. The van der Waals surface area contributed by atoms with E-state index in [2.05, 4.69) is 40.6 Å². The summed E-state index contributed by atoms with van der Waals surface area (Å²) in [4.78, 5) is 6.72. The minimum atomic E-state index is 0. The molecule has 1 fully saturated rings. The molecular formula is C14H31IN4OS. The fourth-order valence-electron chi connectivity index (χ4n) is 2.29.